The van der Waals surface area contributed by atoms with Crippen molar-refractivity contribution in [1.82, 2.24) is 20.2 Å². The number of nitrogens with one attached hydrogen (secondary N) is 2. The second-order valence-electron chi connectivity index (χ2n) is 5.73. The van der Waals surface area contributed by atoms with Crippen molar-refractivity contribution >= 4 is 23.6 Å². The Morgan fingerprint density at radius 3 is 2.81 bits per heavy atom. The number of amides is 2. The third-order valence-electron chi connectivity index (χ3n) is 3.84. The van der Waals surface area contributed by atoms with Gasteiger partial charge in [-0.15, -0.1) is 0 Å². The Bertz CT molecular complexity index is 737. The van der Waals surface area contributed by atoms with Gasteiger partial charge in [-0.1, -0.05) is 13.0 Å². The molecule has 140 valence electrons. The van der Waals surface area contributed by atoms with Crippen molar-refractivity contribution in [2.75, 3.05) is 12.0 Å². The normalized spacial score (nSPS) is 11.8. The standard InChI is InChI=1S/C18H23FN4O2S/c1-3-17(24)22-15(6-9-26-2)18(25)21-11-13-4-5-16(14(19)10-13)23-8-7-20-12-23/h4-5,7-8,10,12,15H,3,6,9,11H2,1-2H3,(H,21,25)(H,22,24)/t15-/m0/s1. The maximum atomic E-state index is 14.3. The first kappa shape index (κ1) is 20.0. The Hall–Kier alpha value is -2.35. The predicted molar refractivity (Wildman–Crippen MR) is 101 cm³/mol. The van der Waals surface area contributed by atoms with E-state index in [0.717, 1.165) is 5.75 Å². The lowest BCUT2D eigenvalue weighted by atomic mass is 10.1. The molecule has 0 radical (unpaired) electrons. The van der Waals surface area contributed by atoms with Gasteiger partial charge in [0.2, 0.25) is 11.8 Å². The van der Waals surface area contributed by atoms with E-state index >= 15 is 0 Å². The second kappa shape index (κ2) is 9.96. The van der Waals surface area contributed by atoms with Gasteiger partial charge in [0, 0.05) is 25.4 Å². The molecule has 0 unspecified atom stereocenters. The first-order valence-electron chi connectivity index (χ1n) is 8.38. The molecule has 2 amide bonds. The second-order valence-corrected chi connectivity index (χ2v) is 6.71. The molecular weight excluding hydrogens is 355 g/mol. The quantitative estimate of drug-likeness (QED) is 0.702. The van der Waals surface area contributed by atoms with Crippen LogP contribution in [0.3, 0.4) is 0 Å². The van der Waals surface area contributed by atoms with Crippen molar-refractivity contribution < 1.29 is 14.0 Å². The zero-order chi connectivity index (χ0) is 18.9. The molecule has 2 rings (SSSR count). The van der Waals surface area contributed by atoms with E-state index in [1.54, 1.807) is 47.8 Å². The van der Waals surface area contributed by atoms with Gasteiger partial charge in [-0.3, -0.25) is 9.59 Å². The van der Waals surface area contributed by atoms with Crippen LogP contribution in [0.5, 0.6) is 0 Å². The van der Waals surface area contributed by atoms with Crippen LogP contribution in [0.2, 0.25) is 0 Å². The lowest BCUT2D eigenvalue weighted by Crippen LogP contribution is -2.46. The maximum Gasteiger partial charge on any atom is 0.242 e. The average molecular weight is 378 g/mol. The van der Waals surface area contributed by atoms with Crippen molar-refractivity contribution in [3.05, 3.63) is 48.3 Å². The van der Waals surface area contributed by atoms with Crippen LogP contribution in [0.1, 0.15) is 25.3 Å². The fraction of sp³-hybridized carbons (Fsp3) is 0.389. The lowest BCUT2D eigenvalue weighted by Gasteiger charge is -2.18. The molecule has 1 aromatic heterocycles. The van der Waals surface area contributed by atoms with Gasteiger partial charge in [0.15, 0.2) is 0 Å². The van der Waals surface area contributed by atoms with E-state index in [0.29, 0.717) is 24.1 Å². The van der Waals surface area contributed by atoms with E-state index in [-0.39, 0.29) is 18.4 Å². The van der Waals surface area contributed by atoms with Crippen LogP contribution in [0.15, 0.2) is 36.9 Å². The van der Waals surface area contributed by atoms with Gasteiger partial charge in [-0.2, -0.15) is 11.8 Å². The number of halogens is 1. The number of rotatable bonds is 9. The zero-order valence-electron chi connectivity index (χ0n) is 14.9. The van der Waals surface area contributed by atoms with Crippen LogP contribution in [0, 0.1) is 5.82 Å². The first-order chi connectivity index (χ1) is 12.5. The van der Waals surface area contributed by atoms with Gasteiger partial charge in [-0.05, 0) is 36.1 Å². The summed E-state index contributed by atoms with van der Waals surface area (Å²) in [4.78, 5) is 27.9. The molecule has 6 nitrogen and oxygen atoms in total. The molecule has 0 bridgehead atoms. The third kappa shape index (κ3) is 5.59. The number of carbonyl (C=O) groups excluding carboxylic acids is 2. The van der Waals surface area contributed by atoms with Crippen LogP contribution in [0.4, 0.5) is 4.39 Å². The molecular formula is C18H23FN4O2S. The van der Waals surface area contributed by atoms with E-state index in [2.05, 4.69) is 15.6 Å². The molecule has 1 heterocycles. The highest BCUT2D eigenvalue weighted by Crippen LogP contribution is 2.15. The molecule has 2 aromatic rings. The maximum absolute atomic E-state index is 14.3. The minimum absolute atomic E-state index is 0.165. The van der Waals surface area contributed by atoms with Gasteiger partial charge in [-0.25, -0.2) is 9.37 Å². The fourth-order valence-corrected chi connectivity index (χ4v) is 2.86. The summed E-state index contributed by atoms with van der Waals surface area (Å²) >= 11 is 1.61. The topological polar surface area (TPSA) is 76.0 Å². The fourth-order valence-electron chi connectivity index (χ4n) is 2.38. The number of benzene rings is 1. The molecule has 2 N–H and O–H groups in total. The highest BCUT2D eigenvalue weighted by molar-refractivity contribution is 7.98. The molecule has 0 saturated carbocycles. The minimum atomic E-state index is -0.579. The van der Waals surface area contributed by atoms with Crippen LogP contribution in [-0.2, 0) is 16.1 Å². The smallest absolute Gasteiger partial charge is 0.242 e. The Morgan fingerprint density at radius 2 is 2.19 bits per heavy atom. The number of hydrogen-bond donors (Lipinski definition) is 2. The Kier molecular flexibility index (Phi) is 7.65. The van der Waals surface area contributed by atoms with Crippen LogP contribution in [0.25, 0.3) is 5.69 Å². The van der Waals surface area contributed by atoms with Crippen LogP contribution in [-0.4, -0.2) is 39.4 Å². The Balaban J connectivity index is 1.98. The molecule has 0 aliphatic rings. The summed E-state index contributed by atoms with van der Waals surface area (Å²) in [5.74, 6) is -0.0639. The van der Waals surface area contributed by atoms with Crippen molar-refractivity contribution in [1.29, 1.82) is 0 Å². The minimum Gasteiger partial charge on any atom is -0.350 e. The van der Waals surface area contributed by atoms with Crippen molar-refractivity contribution in [2.24, 2.45) is 0 Å². The van der Waals surface area contributed by atoms with E-state index in [4.69, 9.17) is 0 Å². The summed E-state index contributed by atoms with van der Waals surface area (Å²) in [7, 11) is 0. The average Bonchev–Trinajstić information content (AvgIpc) is 3.17. The summed E-state index contributed by atoms with van der Waals surface area (Å²) < 4.78 is 15.8. The van der Waals surface area contributed by atoms with Gasteiger partial charge in [0.05, 0.1) is 12.0 Å². The zero-order valence-corrected chi connectivity index (χ0v) is 15.7. The SMILES string of the molecule is CCC(=O)N[C@@H](CCSC)C(=O)NCc1ccc(-n2ccnc2)c(F)c1. The summed E-state index contributed by atoms with van der Waals surface area (Å²) in [6.07, 6.45) is 7.57. The Morgan fingerprint density at radius 1 is 1.38 bits per heavy atom. The van der Waals surface area contributed by atoms with Gasteiger partial charge in [0.1, 0.15) is 11.9 Å². The molecule has 0 aliphatic carbocycles. The van der Waals surface area contributed by atoms with E-state index in [9.17, 15) is 14.0 Å². The monoisotopic (exact) mass is 378 g/mol. The highest BCUT2D eigenvalue weighted by atomic mass is 32.2. The van der Waals surface area contributed by atoms with Crippen molar-refractivity contribution in [3.8, 4) is 5.69 Å². The number of nitrogens with zero attached hydrogens (tertiary/aromatic N) is 2. The van der Waals surface area contributed by atoms with E-state index < -0.39 is 11.9 Å². The number of aromatic nitrogens is 2. The van der Waals surface area contributed by atoms with Crippen LogP contribution >= 0.6 is 11.8 Å². The first-order valence-corrected chi connectivity index (χ1v) is 9.77. The number of imidazole rings is 1. The molecule has 0 fully saturated rings. The molecule has 0 saturated heterocycles. The highest BCUT2D eigenvalue weighted by Gasteiger charge is 2.19. The van der Waals surface area contributed by atoms with Crippen LogP contribution < -0.4 is 10.6 Å². The molecule has 26 heavy (non-hydrogen) atoms. The number of carbonyl (C=O) groups is 2. The third-order valence-corrected chi connectivity index (χ3v) is 4.49. The van der Waals surface area contributed by atoms with Gasteiger partial charge < -0.3 is 15.2 Å². The summed E-state index contributed by atoms with van der Waals surface area (Å²) in [6, 6.07) is 4.20. The molecule has 1 atom stereocenters. The number of thioether (sulfide) groups is 1. The van der Waals surface area contributed by atoms with Crippen molar-refractivity contribution in [3.63, 3.8) is 0 Å². The summed E-state index contributed by atoms with van der Waals surface area (Å²) in [5.41, 5.74) is 1.04. The Labute approximate surface area is 156 Å². The predicted octanol–water partition coefficient (Wildman–Crippen LogP) is 2.28. The van der Waals surface area contributed by atoms with Gasteiger partial charge in [0.25, 0.3) is 0 Å². The van der Waals surface area contributed by atoms with E-state index in [1.807, 2.05) is 6.26 Å². The van der Waals surface area contributed by atoms with E-state index in [1.165, 1.54) is 12.4 Å². The van der Waals surface area contributed by atoms with Crippen molar-refractivity contribution in [2.45, 2.75) is 32.4 Å². The summed E-state index contributed by atoms with van der Waals surface area (Å²) in [6.45, 7) is 1.93. The number of hydrogen-bond acceptors (Lipinski definition) is 4. The molecule has 0 aliphatic heterocycles. The molecule has 0 spiro atoms. The summed E-state index contributed by atoms with van der Waals surface area (Å²) in [5, 5.41) is 5.50. The lowest BCUT2D eigenvalue weighted by molar-refractivity contribution is -0.129. The molecule has 8 heteroatoms. The molecule has 1 aromatic carbocycles. The largest absolute Gasteiger partial charge is 0.350 e. The van der Waals surface area contributed by atoms with Gasteiger partial charge >= 0.3 is 0 Å².